The van der Waals surface area contributed by atoms with Crippen LogP contribution in [-0.4, -0.2) is 11.1 Å². The second kappa shape index (κ2) is 2.83. The summed E-state index contributed by atoms with van der Waals surface area (Å²) in [6, 6.07) is 3.10. The van der Waals surface area contributed by atoms with Crippen molar-refractivity contribution in [3.8, 4) is 0 Å². The topological polar surface area (TPSA) is 50.4 Å². The molecule has 0 amide bonds. The van der Waals surface area contributed by atoms with Gasteiger partial charge in [0.2, 0.25) is 0 Å². The van der Waals surface area contributed by atoms with Crippen LogP contribution in [0.25, 0.3) is 0 Å². The first-order valence-corrected chi connectivity index (χ1v) is 3.81. The lowest BCUT2D eigenvalue weighted by Gasteiger charge is -2.14. The van der Waals surface area contributed by atoms with E-state index in [1.807, 2.05) is 0 Å². The third-order valence-electron chi connectivity index (χ3n) is 1.72. The number of rotatable bonds is 2. The molecule has 4 heteroatoms. The van der Waals surface area contributed by atoms with Crippen LogP contribution in [0.5, 0.6) is 0 Å². The average Bonchev–Trinajstić information content (AvgIpc) is 2.35. The Morgan fingerprint density at radius 2 is 2.17 bits per heavy atom. The smallest absolute Gasteiger partial charge is 0.316 e. The van der Waals surface area contributed by atoms with Crippen molar-refractivity contribution < 1.29 is 14.3 Å². The summed E-state index contributed by atoms with van der Waals surface area (Å²) in [5.41, 5.74) is -1.02. The van der Waals surface area contributed by atoms with Crippen LogP contribution in [0.3, 0.4) is 0 Å². The fourth-order valence-corrected chi connectivity index (χ4v) is 0.902. The van der Waals surface area contributed by atoms with Gasteiger partial charge in [0.25, 0.3) is 0 Å². The van der Waals surface area contributed by atoms with Crippen LogP contribution in [0.4, 0.5) is 0 Å². The Morgan fingerprint density at radius 3 is 2.50 bits per heavy atom. The summed E-state index contributed by atoms with van der Waals surface area (Å²) in [5, 5.41) is 9.01. The Kier molecular flexibility index (Phi) is 2.15. The summed E-state index contributed by atoms with van der Waals surface area (Å²) in [6.07, 6.45) is 0. The highest BCUT2D eigenvalue weighted by molar-refractivity contribution is 6.28. The first kappa shape index (κ1) is 9.13. The average molecular weight is 189 g/mol. The van der Waals surface area contributed by atoms with Gasteiger partial charge in [0, 0.05) is 0 Å². The Labute approximate surface area is 74.9 Å². The van der Waals surface area contributed by atoms with Gasteiger partial charge in [-0.3, -0.25) is 4.79 Å². The zero-order chi connectivity index (χ0) is 9.35. The van der Waals surface area contributed by atoms with Gasteiger partial charge in [0.05, 0.1) is 0 Å². The SMILES string of the molecule is CC(C)(C(=O)O)c1ccc(Cl)o1. The molecule has 0 bridgehead atoms. The van der Waals surface area contributed by atoms with Crippen molar-refractivity contribution in [2.24, 2.45) is 0 Å². The van der Waals surface area contributed by atoms with E-state index in [2.05, 4.69) is 0 Å². The van der Waals surface area contributed by atoms with Gasteiger partial charge >= 0.3 is 5.97 Å². The van der Waals surface area contributed by atoms with Crippen molar-refractivity contribution in [2.75, 3.05) is 0 Å². The van der Waals surface area contributed by atoms with Gasteiger partial charge in [0.15, 0.2) is 5.22 Å². The zero-order valence-electron chi connectivity index (χ0n) is 6.80. The molecular formula is C8H9ClO3. The largest absolute Gasteiger partial charge is 0.481 e. The van der Waals surface area contributed by atoms with Gasteiger partial charge < -0.3 is 9.52 Å². The van der Waals surface area contributed by atoms with Crippen LogP contribution >= 0.6 is 11.6 Å². The molecule has 1 heterocycles. The summed E-state index contributed by atoms with van der Waals surface area (Å²) < 4.78 is 4.99. The van der Waals surface area contributed by atoms with Gasteiger partial charge in [-0.2, -0.15) is 0 Å². The highest BCUT2D eigenvalue weighted by Crippen LogP contribution is 2.27. The van der Waals surface area contributed by atoms with Crippen molar-refractivity contribution in [3.05, 3.63) is 23.1 Å². The number of aliphatic carboxylic acids is 1. The van der Waals surface area contributed by atoms with E-state index in [1.54, 1.807) is 19.9 Å². The minimum atomic E-state index is -1.02. The molecule has 0 saturated carbocycles. The molecule has 1 N–H and O–H groups in total. The van der Waals surface area contributed by atoms with E-state index in [9.17, 15) is 4.79 Å². The normalized spacial score (nSPS) is 11.6. The zero-order valence-corrected chi connectivity index (χ0v) is 7.55. The third kappa shape index (κ3) is 1.46. The van der Waals surface area contributed by atoms with E-state index < -0.39 is 11.4 Å². The lowest BCUT2D eigenvalue weighted by Crippen LogP contribution is -2.27. The summed E-state index contributed by atoms with van der Waals surface area (Å²) in [6.45, 7) is 3.12. The van der Waals surface area contributed by atoms with Gasteiger partial charge in [-0.25, -0.2) is 0 Å². The Hall–Kier alpha value is -0.960. The van der Waals surface area contributed by atoms with Gasteiger partial charge in [-0.05, 0) is 37.6 Å². The van der Waals surface area contributed by atoms with E-state index in [0.29, 0.717) is 5.76 Å². The lowest BCUT2D eigenvalue weighted by molar-refractivity contribution is -0.143. The van der Waals surface area contributed by atoms with Crippen LogP contribution in [0, 0.1) is 0 Å². The van der Waals surface area contributed by atoms with E-state index in [4.69, 9.17) is 21.1 Å². The third-order valence-corrected chi connectivity index (χ3v) is 1.93. The van der Waals surface area contributed by atoms with Gasteiger partial charge in [-0.15, -0.1) is 0 Å². The summed E-state index contributed by atoms with van der Waals surface area (Å²) in [7, 11) is 0. The van der Waals surface area contributed by atoms with Gasteiger partial charge in [0.1, 0.15) is 11.2 Å². The van der Waals surface area contributed by atoms with E-state index >= 15 is 0 Å². The van der Waals surface area contributed by atoms with Crippen LogP contribution < -0.4 is 0 Å². The number of carbonyl (C=O) groups is 1. The molecule has 3 nitrogen and oxygen atoms in total. The minimum Gasteiger partial charge on any atom is -0.481 e. The maximum Gasteiger partial charge on any atom is 0.316 e. The molecular weight excluding hydrogens is 180 g/mol. The quantitative estimate of drug-likeness (QED) is 0.775. The summed E-state index contributed by atoms with van der Waals surface area (Å²) >= 11 is 5.51. The molecule has 0 aliphatic rings. The lowest BCUT2D eigenvalue weighted by atomic mass is 9.91. The number of carboxylic acids is 1. The van der Waals surface area contributed by atoms with E-state index in [-0.39, 0.29) is 5.22 Å². The van der Waals surface area contributed by atoms with Crippen LogP contribution in [0.15, 0.2) is 16.5 Å². The number of hydrogen-bond acceptors (Lipinski definition) is 2. The first-order valence-electron chi connectivity index (χ1n) is 3.44. The molecule has 0 aliphatic heterocycles. The molecule has 0 aliphatic carbocycles. The van der Waals surface area contributed by atoms with Crippen molar-refractivity contribution in [1.82, 2.24) is 0 Å². The number of furan rings is 1. The highest BCUT2D eigenvalue weighted by Gasteiger charge is 2.32. The predicted octanol–water partition coefficient (Wildman–Crippen LogP) is 2.30. The summed E-state index contributed by atoms with van der Waals surface area (Å²) in [5.74, 6) is -0.575. The Morgan fingerprint density at radius 1 is 1.58 bits per heavy atom. The highest BCUT2D eigenvalue weighted by atomic mass is 35.5. The van der Waals surface area contributed by atoms with Crippen molar-refractivity contribution in [1.29, 1.82) is 0 Å². The standard InChI is InChI=1S/C8H9ClO3/c1-8(2,7(10)11)5-3-4-6(9)12-5/h3-4H,1-2H3,(H,10,11). The van der Waals surface area contributed by atoms with Gasteiger partial charge in [-0.1, -0.05) is 0 Å². The fourth-order valence-electron chi connectivity index (χ4n) is 0.756. The van der Waals surface area contributed by atoms with Crippen LogP contribution in [0.1, 0.15) is 19.6 Å². The van der Waals surface area contributed by atoms with Crippen LogP contribution in [0.2, 0.25) is 5.22 Å². The molecule has 1 aromatic heterocycles. The van der Waals surface area contributed by atoms with Crippen molar-refractivity contribution in [3.63, 3.8) is 0 Å². The predicted molar refractivity (Wildman–Crippen MR) is 44.4 cm³/mol. The molecule has 0 fully saturated rings. The second-order valence-corrected chi connectivity index (χ2v) is 3.41. The molecule has 0 spiro atoms. The number of carboxylic acid groups (broad SMARTS) is 1. The molecule has 0 aromatic carbocycles. The molecule has 0 radical (unpaired) electrons. The first-order chi connectivity index (χ1) is 5.44. The van der Waals surface area contributed by atoms with Crippen molar-refractivity contribution in [2.45, 2.75) is 19.3 Å². The monoisotopic (exact) mass is 188 g/mol. The second-order valence-electron chi connectivity index (χ2n) is 3.03. The number of hydrogen-bond donors (Lipinski definition) is 1. The minimum absolute atomic E-state index is 0.208. The molecule has 0 unspecified atom stereocenters. The van der Waals surface area contributed by atoms with Crippen molar-refractivity contribution >= 4 is 17.6 Å². The Bertz CT molecular complexity index is 301. The maximum absolute atomic E-state index is 10.7. The molecule has 0 atom stereocenters. The molecule has 1 aromatic rings. The molecule has 66 valence electrons. The molecule has 0 saturated heterocycles. The van der Waals surface area contributed by atoms with E-state index in [1.165, 1.54) is 6.07 Å². The number of halogens is 1. The summed E-state index contributed by atoms with van der Waals surface area (Å²) in [4.78, 5) is 10.7. The molecule has 12 heavy (non-hydrogen) atoms. The van der Waals surface area contributed by atoms with Crippen LogP contribution in [-0.2, 0) is 10.2 Å². The molecule has 1 rings (SSSR count). The maximum atomic E-state index is 10.7. The fraction of sp³-hybridized carbons (Fsp3) is 0.375. The van der Waals surface area contributed by atoms with E-state index in [0.717, 1.165) is 0 Å². The Balaban J connectivity index is 3.05.